The molecule has 152 valence electrons. The average molecular weight is 404 g/mol. The van der Waals surface area contributed by atoms with Gasteiger partial charge in [-0.1, -0.05) is 19.3 Å². The Hall–Kier alpha value is -1.73. The smallest absolute Gasteiger partial charge is 0.254 e. The Morgan fingerprint density at radius 3 is 2.52 bits per heavy atom. The first-order chi connectivity index (χ1) is 12.5. The van der Waals surface area contributed by atoms with E-state index in [0.29, 0.717) is 24.9 Å². The molecular formula is C19H28ClF2N3O2. The summed E-state index contributed by atoms with van der Waals surface area (Å²) in [6, 6.07) is 2.80. The van der Waals surface area contributed by atoms with Crippen molar-refractivity contribution >= 4 is 24.2 Å². The van der Waals surface area contributed by atoms with E-state index in [1.54, 1.807) is 0 Å². The fourth-order valence-corrected chi connectivity index (χ4v) is 3.40. The van der Waals surface area contributed by atoms with Gasteiger partial charge in [-0.25, -0.2) is 8.78 Å². The number of rotatable bonds is 8. The van der Waals surface area contributed by atoms with Gasteiger partial charge in [0, 0.05) is 31.6 Å². The van der Waals surface area contributed by atoms with E-state index in [1.165, 1.54) is 19.3 Å². The van der Waals surface area contributed by atoms with Crippen molar-refractivity contribution in [2.24, 2.45) is 11.7 Å². The first-order valence-corrected chi connectivity index (χ1v) is 9.24. The third kappa shape index (κ3) is 7.42. The highest BCUT2D eigenvalue weighted by atomic mass is 35.5. The molecule has 1 saturated carbocycles. The van der Waals surface area contributed by atoms with E-state index >= 15 is 0 Å². The highest BCUT2D eigenvalue weighted by molar-refractivity contribution is 5.94. The zero-order valence-corrected chi connectivity index (χ0v) is 16.1. The van der Waals surface area contributed by atoms with E-state index < -0.39 is 17.5 Å². The molecule has 27 heavy (non-hydrogen) atoms. The molecule has 1 aliphatic carbocycles. The Bertz CT molecular complexity index is 625. The number of carbonyl (C=O) groups is 2. The van der Waals surface area contributed by atoms with Crippen LogP contribution in [0.3, 0.4) is 0 Å². The molecule has 0 radical (unpaired) electrons. The summed E-state index contributed by atoms with van der Waals surface area (Å²) in [4.78, 5) is 23.9. The summed E-state index contributed by atoms with van der Waals surface area (Å²) < 4.78 is 26.4. The summed E-state index contributed by atoms with van der Waals surface area (Å²) in [6.07, 6.45) is 6.50. The molecular weight excluding hydrogens is 376 g/mol. The molecule has 4 N–H and O–H groups in total. The monoisotopic (exact) mass is 403 g/mol. The second-order valence-electron chi connectivity index (χ2n) is 6.79. The number of halogens is 3. The van der Waals surface area contributed by atoms with E-state index in [-0.39, 0.29) is 42.9 Å². The lowest BCUT2D eigenvalue weighted by molar-refractivity contribution is -0.122. The molecule has 0 heterocycles. The van der Waals surface area contributed by atoms with E-state index in [2.05, 4.69) is 10.6 Å². The minimum Gasteiger partial charge on any atom is -0.352 e. The van der Waals surface area contributed by atoms with Crippen LogP contribution in [0.4, 0.5) is 8.78 Å². The summed E-state index contributed by atoms with van der Waals surface area (Å²) in [5, 5.41) is 5.53. The molecule has 1 atom stereocenters. The Kier molecular flexibility index (Phi) is 10.3. The van der Waals surface area contributed by atoms with E-state index in [4.69, 9.17) is 5.73 Å². The largest absolute Gasteiger partial charge is 0.352 e. The predicted molar refractivity (Wildman–Crippen MR) is 103 cm³/mol. The van der Waals surface area contributed by atoms with Crippen molar-refractivity contribution in [2.75, 3.05) is 13.1 Å². The van der Waals surface area contributed by atoms with Crippen LogP contribution in [0.5, 0.6) is 0 Å². The minimum atomic E-state index is -0.904. The molecule has 0 bridgehead atoms. The van der Waals surface area contributed by atoms with Gasteiger partial charge in [-0.15, -0.1) is 12.4 Å². The second-order valence-corrected chi connectivity index (χ2v) is 6.79. The summed E-state index contributed by atoms with van der Waals surface area (Å²) in [7, 11) is 0. The van der Waals surface area contributed by atoms with Gasteiger partial charge in [-0.05, 0) is 37.3 Å². The van der Waals surface area contributed by atoms with Gasteiger partial charge in [0.1, 0.15) is 11.6 Å². The van der Waals surface area contributed by atoms with Crippen LogP contribution >= 0.6 is 12.4 Å². The standard InChI is InChI=1S/C19H27F2N3O2.ClH/c20-14-8-9-15(16(21)11-14)19(26)23-10-4-7-18(25)24-17(12-22)13-5-2-1-3-6-13;/h8-9,11,13,17H,1-7,10,12,22H2,(H,23,26)(H,24,25);1H. The summed E-state index contributed by atoms with van der Waals surface area (Å²) >= 11 is 0. The Morgan fingerprint density at radius 2 is 1.89 bits per heavy atom. The third-order valence-electron chi connectivity index (χ3n) is 4.86. The van der Waals surface area contributed by atoms with Gasteiger partial charge in [-0.3, -0.25) is 9.59 Å². The average Bonchev–Trinajstić information content (AvgIpc) is 2.63. The van der Waals surface area contributed by atoms with Crippen molar-refractivity contribution in [2.45, 2.75) is 51.0 Å². The summed E-state index contributed by atoms with van der Waals surface area (Å²) in [6.45, 7) is 0.663. The molecule has 1 aromatic carbocycles. The van der Waals surface area contributed by atoms with Crippen molar-refractivity contribution in [1.82, 2.24) is 10.6 Å². The third-order valence-corrected chi connectivity index (χ3v) is 4.86. The molecule has 2 amide bonds. The van der Waals surface area contributed by atoms with Crippen molar-refractivity contribution in [1.29, 1.82) is 0 Å². The quantitative estimate of drug-likeness (QED) is 0.583. The second kappa shape index (κ2) is 11.9. The topological polar surface area (TPSA) is 84.2 Å². The first-order valence-electron chi connectivity index (χ1n) is 9.24. The minimum absolute atomic E-state index is 0. The SMILES string of the molecule is Cl.NCC(NC(=O)CCCNC(=O)c1ccc(F)cc1F)C1CCCCC1. The van der Waals surface area contributed by atoms with Crippen LogP contribution in [-0.2, 0) is 4.79 Å². The van der Waals surface area contributed by atoms with Gasteiger partial charge in [-0.2, -0.15) is 0 Å². The number of carbonyl (C=O) groups excluding carboxylic acids is 2. The molecule has 0 saturated heterocycles. The van der Waals surface area contributed by atoms with Crippen molar-refractivity contribution < 1.29 is 18.4 Å². The number of hydrogen-bond acceptors (Lipinski definition) is 3. The van der Waals surface area contributed by atoms with Crippen molar-refractivity contribution in [3.05, 3.63) is 35.4 Å². The molecule has 1 fully saturated rings. The zero-order valence-electron chi connectivity index (χ0n) is 15.3. The van der Waals surface area contributed by atoms with Gasteiger partial charge in [0.25, 0.3) is 5.91 Å². The number of amides is 2. The normalized spacial score (nSPS) is 15.5. The van der Waals surface area contributed by atoms with Gasteiger partial charge in [0.05, 0.1) is 5.56 Å². The molecule has 1 aromatic rings. The number of nitrogens with one attached hydrogen (secondary N) is 2. The summed E-state index contributed by atoms with van der Waals surface area (Å²) in [5.74, 6) is -1.90. The fourth-order valence-electron chi connectivity index (χ4n) is 3.40. The van der Waals surface area contributed by atoms with E-state index in [1.807, 2.05) is 0 Å². The Labute approximate surface area is 164 Å². The van der Waals surface area contributed by atoms with Crippen LogP contribution in [-0.4, -0.2) is 30.9 Å². The zero-order chi connectivity index (χ0) is 18.9. The van der Waals surface area contributed by atoms with Gasteiger partial charge >= 0.3 is 0 Å². The Morgan fingerprint density at radius 1 is 1.19 bits per heavy atom. The first kappa shape index (κ1) is 23.3. The molecule has 1 unspecified atom stereocenters. The molecule has 1 aliphatic rings. The van der Waals surface area contributed by atoms with E-state index in [9.17, 15) is 18.4 Å². The van der Waals surface area contributed by atoms with Gasteiger partial charge in [0.2, 0.25) is 5.91 Å². The van der Waals surface area contributed by atoms with Gasteiger partial charge in [0.15, 0.2) is 0 Å². The maximum absolute atomic E-state index is 13.5. The lowest BCUT2D eigenvalue weighted by Crippen LogP contribution is -2.46. The van der Waals surface area contributed by atoms with Crippen LogP contribution in [0.2, 0.25) is 0 Å². The van der Waals surface area contributed by atoms with Crippen LogP contribution in [0.1, 0.15) is 55.3 Å². The maximum atomic E-state index is 13.5. The Balaban J connectivity index is 0.00000364. The molecule has 8 heteroatoms. The molecule has 2 rings (SSSR count). The predicted octanol–water partition coefficient (Wildman–Crippen LogP) is 2.92. The highest BCUT2D eigenvalue weighted by Crippen LogP contribution is 2.26. The highest BCUT2D eigenvalue weighted by Gasteiger charge is 2.23. The summed E-state index contributed by atoms with van der Waals surface area (Å²) in [5.41, 5.74) is 5.59. The van der Waals surface area contributed by atoms with Crippen LogP contribution < -0.4 is 16.4 Å². The molecule has 0 aliphatic heterocycles. The number of benzene rings is 1. The van der Waals surface area contributed by atoms with Gasteiger partial charge < -0.3 is 16.4 Å². The van der Waals surface area contributed by atoms with Crippen molar-refractivity contribution in [3.63, 3.8) is 0 Å². The van der Waals surface area contributed by atoms with Crippen LogP contribution in [0, 0.1) is 17.6 Å². The van der Waals surface area contributed by atoms with Crippen molar-refractivity contribution in [3.8, 4) is 0 Å². The fraction of sp³-hybridized carbons (Fsp3) is 0.579. The molecule has 0 spiro atoms. The van der Waals surface area contributed by atoms with E-state index in [0.717, 1.165) is 25.0 Å². The molecule has 0 aromatic heterocycles. The lowest BCUT2D eigenvalue weighted by Gasteiger charge is -2.30. The lowest BCUT2D eigenvalue weighted by atomic mass is 9.84. The number of nitrogens with two attached hydrogens (primary N) is 1. The maximum Gasteiger partial charge on any atom is 0.254 e. The van der Waals surface area contributed by atoms with Crippen LogP contribution in [0.25, 0.3) is 0 Å². The number of hydrogen-bond donors (Lipinski definition) is 3. The van der Waals surface area contributed by atoms with Crippen LogP contribution in [0.15, 0.2) is 18.2 Å². The molecule has 5 nitrogen and oxygen atoms in total.